The molecule has 22 heavy (non-hydrogen) atoms. The van der Waals surface area contributed by atoms with Gasteiger partial charge in [0.15, 0.2) is 0 Å². The Morgan fingerprint density at radius 1 is 1.32 bits per heavy atom. The van der Waals surface area contributed by atoms with E-state index < -0.39 is 10.0 Å². The lowest BCUT2D eigenvalue weighted by Gasteiger charge is -2.08. The summed E-state index contributed by atoms with van der Waals surface area (Å²) in [6.45, 7) is 3.76. The predicted octanol–water partition coefficient (Wildman–Crippen LogP) is 1.66. The minimum atomic E-state index is -3.59. The molecule has 0 fully saturated rings. The molecule has 124 valence electrons. The van der Waals surface area contributed by atoms with Crippen LogP contribution in [-0.4, -0.2) is 40.6 Å². The van der Waals surface area contributed by atoms with E-state index in [1.54, 1.807) is 12.1 Å². The van der Waals surface area contributed by atoms with Crippen LogP contribution in [0, 0.1) is 0 Å². The Bertz CT molecular complexity index is 578. The van der Waals surface area contributed by atoms with Crippen molar-refractivity contribution < 1.29 is 17.9 Å². The largest absolute Gasteiger partial charge is 0.382 e. The maximum Gasteiger partial charge on any atom is 0.240 e. The van der Waals surface area contributed by atoms with E-state index in [0.29, 0.717) is 24.2 Å². The van der Waals surface area contributed by atoms with Crippen molar-refractivity contribution in [2.75, 3.05) is 26.3 Å². The average Bonchev–Trinajstić information content (AvgIpc) is 2.47. The summed E-state index contributed by atoms with van der Waals surface area (Å²) in [7, 11) is -3.59. The van der Waals surface area contributed by atoms with Gasteiger partial charge >= 0.3 is 0 Å². The van der Waals surface area contributed by atoms with Crippen molar-refractivity contribution in [2.24, 2.45) is 0 Å². The van der Waals surface area contributed by atoms with Crippen LogP contribution in [0.4, 0.5) is 0 Å². The second-order valence-electron chi connectivity index (χ2n) is 4.51. The Morgan fingerprint density at radius 3 is 2.77 bits per heavy atom. The van der Waals surface area contributed by atoms with Crippen LogP contribution in [-0.2, 0) is 19.6 Å². The molecule has 1 rings (SSSR count). The summed E-state index contributed by atoms with van der Waals surface area (Å²) in [4.78, 5) is 11.7. The highest BCUT2D eigenvalue weighted by Crippen LogP contribution is 2.15. The standard InChI is InChI=1S/C14H21BrN2O4S/c1-2-21-10-4-8-16-14(18)7-9-17-22(19,20)13-6-3-5-12(15)11-13/h3,5-6,11,17H,2,4,7-10H2,1H3,(H,16,18). The molecule has 1 aromatic rings. The monoisotopic (exact) mass is 392 g/mol. The summed E-state index contributed by atoms with van der Waals surface area (Å²) in [5, 5.41) is 2.72. The van der Waals surface area contributed by atoms with Gasteiger partial charge in [-0.2, -0.15) is 0 Å². The molecular weight excluding hydrogens is 372 g/mol. The summed E-state index contributed by atoms with van der Waals surface area (Å²) in [5.41, 5.74) is 0. The van der Waals surface area contributed by atoms with Gasteiger partial charge in [0.2, 0.25) is 15.9 Å². The van der Waals surface area contributed by atoms with Gasteiger partial charge in [-0.1, -0.05) is 22.0 Å². The van der Waals surface area contributed by atoms with Gasteiger partial charge in [-0.15, -0.1) is 0 Å². The van der Waals surface area contributed by atoms with Gasteiger partial charge in [0.05, 0.1) is 4.90 Å². The lowest BCUT2D eigenvalue weighted by molar-refractivity contribution is -0.120. The fourth-order valence-corrected chi connectivity index (χ4v) is 3.28. The van der Waals surface area contributed by atoms with Gasteiger partial charge in [0.1, 0.15) is 0 Å². The molecule has 0 aromatic heterocycles. The fourth-order valence-electron chi connectivity index (χ4n) is 1.65. The zero-order valence-corrected chi connectivity index (χ0v) is 14.9. The van der Waals surface area contributed by atoms with Crippen molar-refractivity contribution in [3.8, 4) is 0 Å². The molecule has 6 nitrogen and oxygen atoms in total. The molecule has 0 aliphatic heterocycles. The first kappa shape index (κ1) is 19.1. The number of hydrogen-bond donors (Lipinski definition) is 2. The Kier molecular flexibility index (Phi) is 8.62. The molecule has 0 atom stereocenters. The third-order valence-electron chi connectivity index (χ3n) is 2.74. The molecule has 1 aromatic carbocycles. The third-order valence-corrected chi connectivity index (χ3v) is 4.69. The highest BCUT2D eigenvalue weighted by molar-refractivity contribution is 9.10. The highest BCUT2D eigenvalue weighted by Gasteiger charge is 2.14. The second-order valence-corrected chi connectivity index (χ2v) is 7.19. The zero-order chi connectivity index (χ0) is 16.4. The van der Waals surface area contributed by atoms with E-state index in [0.717, 1.165) is 6.42 Å². The number of benzene rings is 1. The van der Waals surface area contributed by atoms with Crippen LogP contribution >= 0.6 is 15.9 Å². The van der Waals surface area contributed by atoms with Gasteiger partial charge in [-0.25, -0.2) is 13.1 Å². The van der Waals surface area contributed by atoms with Gasteiger partial charge < -0.3 is 10.1 Å². The van der Waals surface area contributed by atoms with Crippen molar-refractivity contribution >= 4 is 31.9 Å². The van der Waals surface area contributed by atoms with Crippen molar-refractivity contribution in [1.82, 2.24) is 10.0 Å². The quantitative estimate of drug-likeness (QED) is 0.593. The number of ether oxygens (including phenoxy) is 1. The molecule has 0 heterocycles. The van der Waals surface area contributed by atoms with Gasteiger partial charge in [0.25, 0.3) is 0 Å². The molecule has 0 aliphatic rings. The van der Waals surface area contributed by atoms with E-state index in [9.17, 15) is 13.2 Å². The second kappa shape index (κ2) is 9.94. The van der Waals surface area contributed by atoms with Crippen LogP contribution < -0.4 is 10.0 Å². The lowest BCUT2D eigenvalue weighted by Crippen LogP contribution is -2.31. The Balaban J connectivity index is 2.29. The molecule has 1 amide bonds. The van der Waals surface area contributed by atoms with Crippen molar-refractivity contribution in [1.29, 1.82) is 0 Å². The Morgan fingerprint density at radius 2 is 2.09 bits per heavy atom. The van der Waals surface area contributed by atoms with E-state index in [4.69, 9.17) is 4.74 Å². The smallest absolute Gasteiger partial charge is 0.240 e. The summed E-state index contributed by atoms with van der Waals surface area (Å²) in [5.74, 6) is -0.187. The summed E-state index contributed by atoms with van der Waals surface area (Å²) in [6.07, 6.45) is 0.839. The van der Waals surface area contributed by atoms with Crippen molar-refractivity contribution in [3.05, 3.63) is 28.7 Å². The first-order valence-corrected chi connectivity index (χ1v) is 9.33. The maximum absolute atomic E-state index is 12.0. The molecule has 0 bridgehead atoms. The van der Waals surface area contributed by atoms with E-state index in [1.807, 2.05) is 6.92 Å². The van der Waals surface area contributed by atoms with Gasteiger partial charge in [-0.3, -0.25) is 4.79 Å². The van der Waals surface area contributed by atoms with Gasteiger partial charge in [0, 0.05) is 37.2 Å². The summed E-state index contributed by atoms with van der Waals surface area (Å²) < 4.78 is 32.3. The molecule has 2 N–H and O–H groups in total. The summed E-state index contributed by atoms with van der Waals surface area (Å²) >= 11 is 3.23. The van der Waals surface area contributed by atoms with Crippen molar-refractivity contribution in [2.45, 2.75) is 24.7 Å². The normalized spacial score (nSPS) is 11.4. The minimum Gasteiger partial charge on any atom is -0.382 e. The number of amides is 1. The van der Waals surface area contributed by atoms with E-state index in [1.165, 1.54) is 12.1 Å². The topological polar surface area (TPSA) is 84.5 Å². The van der Waals surface area contributed by atoms with E-state index in [2.05, 4.69) is 26.0 Å². The number of rotatable bonds is 10. The molecule has 0 unspecified atom stereocenters. The van der Waals surface area contributed by atoms with Crippen LogP contribution in [0.15, 0.2) is 33.6 Å². The summed E-state index contributed by atoms with van der Waals surface area (Å²) in [6, 6.07) is 6.40. The van der Waals surface area contributed by atoms with Gasteiger partial charge in [-0.05, 0) is 31.5 Å². The lowest BCUT2D eigenvalue weighted by atomic mass is 10.4. The van der Waals surface area contributed by atoms with Crippen LogP contribution in [0.5, 0.6) is 0 Å². The first-order valence-electron chi connectivity index (χ1n) is 7.05. The molecule has 0 aliphatic carbocycles. The molecule has 0 radical (unpaired) electrons. The predicted molar refractivity (Wildman–Crippen MR) is 88.1 cm³/mol. The molecule has 8 heteroatoms. The zero-order valence-electron chi connectivity index (χ0n) is 12.5. The van der Waals surface area contributed by atoms with E-state index >= 15 is 0 Å². The Labute approximate surface area is 139 Å². The molecular formula is C14H21BrN2O4S. The minimum absolute atomic E-state index is 0.0616. The molecule has 0 saturated heterocycles. The van der Waals surface area contributed by atoms with E-state index in [-0.39, 0.29) is 23.8 Å². The first-order chi connectivity index (χ1) is 10.5. The van der Waals surface area contributed by atoms with Crippen LogP contribution in [0.2, 0.25) is 0 Å². The van der Waals surface area contributed by atoms with Crippen LogP contribution in [0.25, 0.3) is 0 Å². The van der Waals surface area contributed by atoms with Crippen molar-refractivity contribution in [3.63, 3.8) is 0 Å². The fraction of sp³-hybridized carbons (Fsp3) is 0.500. The molecule has 0 spiro atoms. The number of sulfonamides is 1. The highest BCUT2D eigenvalue weighted by atomic mass is 79.9. The number of carbonyl (C=O) groups is 1. The average molecular weight is 393 g/mol. The number of halogens is 1. The molecule has 0 saturated carbocycles. The Hall–Kier alpha value is -0.960. The number of nitrogens with one attached hydrogen (secondary N) is 2. The third kappa shape index (κ3) is 7.35. The SMILES string of the molecule is CCOCCCNC(=O)CCNS(=O)(=O)c1cccc(Br)c1. The van der Waals surface area contributed by atoms with Crippen LogP contribution in [0.1, 0.15) is 19.8 Å². The maximum atomic E-state index is 12.0. The van der Waals surface area contributed by atoms with Crippen LogP contribution in [0.3, 0.4) is 0 Å². The number of carbonyl (C=O) groups excluding carboxylic acids is 1. The number of hydrogen-bond acceptors (Lipinski definition) is 4.